The van der Waals surface area contributed by atoms with Crippen LogP contribution in [0.25, 0.3) is 10.8 Å². The standard InChI is InChI=1S/C23H25N3O2/c1-2-3-8-13-26-23(28)20-12-7-6-11-19(20)21(25-26)22(27)24-15-17-14-16-9-4-5-10-18(16)17/h4-7,9-12,17H,2-3,8,13-15H2,1H3,(H,24,27). The zero-order valence-electron chi connectivity index (χ0n) is 16.1. The summed E-state index contributed by atoms with van der Waals surface area (Å²) in [4.78, 5) is 25.6. The lowest BCUT2D eigenvalue weighted by Crippen LogP contribution is -2.35. The van der Waals surface area contributed by atoms with Crippen LogP contribution in [0.2, 0.25) is 0 Å². The van der Waals surface area contributed by atoms with Gasteiger partial charge in [0.15, 0.2) is 5.69 Å². The third-order valence-corrected chi connectivity index (χ3v) is 5.53. The predicted molar refractivity (Wildman–Crippen MR) is 111 cm³/mol. The van der Waals surface area contributed by atoms with E-state index in [4.69, 9.17) is 0 Å². The van der Waals surface area contributed by atoms with Crippen molar-refractivity contribution in [1.29, 1.82) is 0 Å². The van der Waals surface area contributed by atoms with E-state index in [1.54, 1.807) is 12.1 Å². The lowest BCUT2D eigenvalue weighted by atomic mass is 9.77. The van der Waals surface area contributed by atoms with E-state index in [0.29, 0.717) is 35.5 Å². The Labute approximate surface area is 164 Å². The van der Waals surface area contributed by atoms with Crippen molar-refractivity contribution in [2.45, 2.75) is 45.1 Å². The van der Waals surface area contributed by atoms with Gasteiger partial charge in [-0.2, -0.15) is 5.10 Å². The minimum absolute atomic E-state index is 0.129. The SMILES string of the molecule is CCCCCn1nc(C(=O)NCC2Cc3ccccc32)c2ccccc2c1=O. The maximum atomic E-state index is 12.9. The second-order valence-electron chi connectivity index (χ2n) is 7.44. The van der Waals surface area contributed by atoms with Gasteiger partial charge >= 0.3 is 0 Å². The van der Waals surface area contributed by atoms with Crippen LogP contribution in [0.5, 0.6) is 0 Å². The number of hydrogen-bond acceptors (Lipinski definition) is 3. The molecule has 1 aliphatic rings. The number of aryl methyl sites for hydroxylation is 1. The van der Waals surface area contributed by atoms with E-state index < -0.39 is 0 Å². The largest absolute Gasteiger partial charge is 0.350 e. The molecule has 0 spiro atoms. The van der Waals surface area contributed by atoms with Crippen LogP contribution in [0, 0.1) is 0 Å². The van der Waals surface area contributed by atoms with Gasteiger partial charge in [0, 0.05) is 24.4 Å². The van der Waals surface area contributed by atoms with Gasteiger partial charge in [-0.25, -0.2) is 4.68 Å². The van der Waals surface area contributed by atoms with E-state index in [9.17, 15) is 9.59 Å². The molecule has 5 nitrogen and oxygen atoms in total. The molecule has 2 aromatic carbocycles. The first-order chi connectivity index (χ1) is 13.7. The first kappa shape index (κ1) is 18.4. The average Bonchev–Trinajstić information content (AvgIpc) is 2.70. The van der Waals surface area contributed by atoms with Crippen LogP contribution in [0.1, 0.15) is 53.7 Å². The molecule has 3 aromatic rings. The Bertz CT molecular complexity index is 1070. The molecule has 5 heteroatoms. The molecule has 1 unspecified atom stereocenters. The summed E-state index contributed by atoms with van der Waals surface area (Å²) in [6.45, 7) is 3.24. The van der Waals surface area contributed by atoms with Crippen molar-refractivity contribution in [2.75, 3.05) is 6.54 Å². The number of carbonyl (C=O) groups is 1. The van der Waals surface area contributed by atoms with Crippen LogP contribution in [-0.4, -0.2) is 22.2 Å². The molecule has 0 radical (unpaired) electrons. The van der Waals surface area contributed by atoms with E-state index in [1.165, 1.54) is 15.8 Å². The summed E-state index contributed by atoms with van der Waals surface area (Å²) in [6.07, 6.45) is 3.96. The Morgan fingerprint density at radius 1 is 1.11 bits per heavy atom. The third kappa shape index (κ3) is 3.44. The molecule has 0 aliphatic heterocycles. The van der Waals surface area contributed by atoms with Gasteiger partial charge in [-0.3, -0.25) is 9.59 Å². The fourth-order valence-electron chi connectivity index (χ4n) is 3.91. The Balaban J connectivity index is 1.57. The molecule has 0 saturated carbocycles. The average molecular weight is 375 g/mol. The molecular weight excluding hydrogens is 350 g/mol. The first-order valence-corrected chi connectivity index (χ1v) is 10.0. The topological polar surface area (TPSA) is 64.0 Å². The number of fused-ring (bicyclic) bond motifs is 2. The van der Waals surface area contributed by atoms with E-state index >= 15 is 0 Å². The smallest absolute Gasteiger partial charge is 0.274 e. The van der Waals surface area contributed by atoms with Crippen molar-refractivity contribution in [1.82, 2.24) is 15.1 Å². The molecule has 28 heavy (non-hydrogen) atoms. The first-order valence-electron chi connectivity index (χ1n) is 10.0. The second kappa shape index (κ2) is 7.97. The fraction of sp³-hybridized carbons (Fsp3) is 0.348. The molecule has 0 fully saturated rings. The van der Waals surface area contributed by atoms with Gasteiger partial charge in [-0.15, -0.1) is 0 Å². The van der Waals surface area contributed by atoms with Gasteiger partial charge in [0.05, 0.1) is 5.39 Å². The van der Waals surface area contributed by atoms with Crippen molar-refractivity contribution < 1.29 is 4.79 Å². The minimum Gasteiger partial charge on any atom is -0.350 e. The van der Waals surface area contributed by atoms with Crippen LogP contribution < -0.4 is 10.9 Å². The fourth-order valence-corrected chi connectivity index (χ4v) is 3.91. The van der Waals surface area contributed by atoms with Crippen LogP contribution in [0.4, 0.5) is 0 Å². The van der Waals surface area contributed by atoms with Gasteiger partial charge in [0.25, 0.3) is 11.5 Å². The van der Waals surface area contributed by atoms with E-state index in [0.717, 1.165) is 25.7 Å². The zero-order chi connectivity index (χ0) is 19.5. The number of nitrogens with one attached hydrogen (secondary N) is 1. The van der Waals surface area contributed by atoms with Crippen LogP contribution in [0.15, 0.2) is 53.3 Å². The summed E-state index contributed by atoms with van der Waals surface area (Å²) in [5.41, 5.74) is 2.87. The lowest BCUT2D eigenvalue weighted by Gasteiger charge is -2.30. The summed E-state index contributed by atoms with van der Waals surface area (Å²) < 4.78 is 1.45. The maximum absolute atomic E-state index is 12.9. The molecule has 1 aliphatic carbocycles. The molecule has 0 bridgehead atoms. The summed E-state index contributed by atoms with van der Waals surface area (Å²) in [7, 11) is 0. The van der Waals surface area contributed by atoms with E-state index in [-0.39, 0.29) is 11.5 Å². The zero-order valence-corrected chi connectivity index (χ0v) is 16.1. The molecule has 1 atom stereocenters. The second-order valence-corrected chi connectivity index (χ2v) is 7.44. The quantitative estimate of drug-likeness (QED) is 0.641. The number of carbonyl (C=O) groups excluding carboxylic acids is 1. The summed E-state index contributed by atoms with van der Waals surface area (Å²) >= 11 is 0. The van der Waals surface area contributed by atoms with E-state index in [1.807, 2.05) is 24.3 Å². The Morgan fingerprint density at radius 2 is 1.86 bits per heavy atom. The number of aromatic nitrogens is 2. The number of nitrogens with zero attached hydrogens (tertiary/aromatic N) is 2. The normalized spacial score (nSPS) is 15.1. The molecule has 1 amide bonds. The number of rotatable bonds is 7. The molecule has 1 N–H and O–H groups in total. The van der Waals surface area contributed by atoms with Gasteiger partial charge in [0.1, 0.15) is 0 Å². The number of benzene rings is 2. The molecule has 0 saturated heterocycles. The van der Waals surface area contributed by atoms with Gasteiger partial charge in [-0.1, -0.05) is 62.2 Å². The van der Waals surface area contributed by atoms with Crippen LogP contribution in [-0.2, 0) is 13.0 Å². The maximum Gasteiger partial charge on any atom is 0.274 e. The number of unbranched alkanes of at least 4 members (excludes halogenated alkanes) is 2. The van der Waals surface area contributed by atoms with Gasteiger partial charge < -0.3 is 5.32 Å². The predicted octanol–water partition coefficient (Wildman–Crippen LogP) is 3.66. The van der Waals surface area contributed by atoms with Gasteiger partial charge in [-0.05, 0) is 30.0 Å². The van der Waals surface area contributed by atoms with E-state index in [2.05, 4.69) is 29.5 Å². The molecule has 4 rings (SSSR count). The molecule has 144 valence electrons. The number of hydrogen-bond donors (Lipinski definition) is 1. The molecular formula is C23H25N3O2. The monoisotopic (exact) mass is 375 g/mol. The minimum atomic E-state index is -0.218. The number of amides is 1. The lowest BCUT2D eigenvalue weighted by molar-refractivity contribution is 0.0944. The Hall–Kier alpha value is -2.95. The Morgan fingerprint density at radius 3 is 2.64 bits per heavy atom. The van der Waals surface area contributed by atoms with Crippen molar-refractivity contribution in [3.8, 4) is 0 Å². The highest BCUT2D eigenvalue weighted by Crippen LogP contribution is 2.34. The highest BCUT2D eigenvalue weighted by atomic mass is 16.2. The highest BCUT2D eigenvalue weighted by Gasteiger charge is 2.26. The summed E-state index contributed by atoms with van der Waals surface area (Å²) in [5.74, 6) is 0.131. The highest BCUT2D eigenvalue weighted by molar-refractivity contribution is 6.04. The van der Waals surface area contributed by atoms with Crippen molar-refractivity contribution in [3.63, 3.8) is 0 Å². The van der Waals surface area contributed by atoms with Crippen LogP contribution >= 0.6 is 0 Å². The molecule has 1 heterocycles. The third-order valence-electron chi connectivity index (χ3n) is 5.53. The Kier molecular flexibility index (Phi) is 5.24. The molecule has 1 aromatic heterocycles. The van der Waals surface area contributed by atoms with Crippen molar-refractivity contribution in [2.24, 2.45) is 0 Å². The summed E-state index contributed by atoms with van der Waals surface area (Å²) in [6, 6.07) is 15.6. The van der Waals surface area contributed by atoms with Crippen molar-refractivity contribution in [3.05, 3.63) is 75.7 Å². The van der Waals surface area contributed by atoms with Gasteiger partial charge in [0.2, 0.25) is 0 Å². The van der Waals surface area contributed by atoms with Crippen LogP contribution in [0.3, 0.4) is 0 Å². The summed E-state index contributed by atoms with van der Waals surface area (Å²) in [5, 5.41) is 8.63. The van der Waals surface area contributed by atoms with Crippen molar-refractivity contribution >= 4 is 16.7 Å².